The lowest BCUT2D eigenvalue weighted by Gasteiger charge is -2.24. The minimum absolute atomic E-state index is 0.00741. The van der Waals surface area contributed by atoms with Crippen LogP contribution in [0.3, 0.4) is 0 Å². The molecule has 7 nitrogen and oxygen atoms in total. The Morgan fingerprint density at radius 3 is 2.40 bits per heavy atom. The van der Waals surface area contributed by atoms with E-state index in [4.69, 9.17) is 34.3 Å². The number of rotatable bonds is 5. The lowest BCUT2D eigenvalue weighted by atomic mass is 10.1. The summed E-state index contributed by atoms with van der Waals surface area (Å²) in [5, 5.41) is 16.2. The molecule has 1 aromatic rings. The Hall–Kier alpha value is -2.09. The average Bonchev–Trinajstić information content (AvgIpc) is 2.59. The smallest absolute Gasteiger partial charge is 0.269 e. The molecule has 0 bridgehead atoms. The predicted octanol–water partition coefficient (Wildman–Crippen LogP) is 1.41. The highest BCUT2D eigenvalue weighted by atomic mass is 35.5. The number of halogens is 2. The Balaban J connectivity index is 2.13. The largest absolute Gasteiger partial charge is 0.393 e. The number of carbonyl (C=O) groups excluding carboxylic acids is 2. The van der Waals surface area contributed by atoms with Crippen LogP contribution in [-0.2, 0) is 4.79 Å². The van der Waals surface area contributed by atoms with Crippen molar-refractivity contribution in [2.24, 2.45) is 5.73 Å². The quantitative estimate of drug-likeness (QED) is 0.389. The van der Waals surface area contributed by atoms with E-state index in [9.17, 15) is 9.59 Å². The molecule has 0 aliphatic carbocycles. The Kier molecular flexibility index (Phi) is 6.81. The first kappa shape index (κ1) is 19.2. The van der Waals surface area contributed by atoms with Crippen molar-refractivity contribution < 1.29 is 9.59 Å². The Morgan fingerprint density at radius 1 is 1.24 bits per heavy atom. The fraction of sp³-hybridized carbons (Fsp3) is 0.312. The summed E-state index contributed by atoms with van der Waals surface area (Å²) in [6, 6.07) is 4.65. The van der Waals surface area contributed by atoms with Gasteiger partial charge in [-0.3, -0.25) is 9.59 Å². The van der Waals surface area contributed by atoms with Crippen LogP contribution in [0.2, 0.25) is 10.0 Å². The molecule has 9 heteroatoms. The number of piperidine rings is 1. The monoisotopic (exact) mass is 383 g/mol. The SMILES string of the molecule is N=C/C(NC(=O)c1c(Cl)cccc1Cl)=C(\N)C(=O)NC1CCNCC1. The topological polar surface area (TPSA) is 120 Å². The van der Waals surface area contributed by atoms with Crippen molar-refractivity contribution in [1.29, 1.82) is 5.41 Å². The summed E-state index contributed by atoms with van der Waals surface area (Å²) in [6.45, 7) is 1.63. The first-order valence-corrected chi connectivity index (χ1v) is 8.46. The Morgan fingerprint density at radius 2 is 1.84 bits per heavy atom. The van der Waals surface area contributed by atoms with E-state index < -0.39 is 11.8 Å². The van der Waals surface area contributed by atoms with E-state index in [1.165, 1.54) is 12.1 Å². The third kappa shape index (κ3) is 4.94. The van der Waals surface area contributed by atoms with Crippen molar-refractivity contribution in [3.8, 4) is 0 Å². The zero-order valence-corrected chi connectivity index (χ0v) is 14.9. The van der Waals surface area contributed by atoms with Gasteiger partial charge in [-0.1, -0.05) is 29.3 Å². The van der Waals surface area contributed by atoms with E-state index in [-0.39, 0.29) is 33.0 Å². The number of nitrogens with two attached hydrogens (primary N) is 1. The van der Waals surface area contributed by atoms with Crippen LogP contribution < -0.4 is 21.7 Å². The van der Waals surface area contributed by atoms with Gasteiger partial charge in [0.2, 0.25) is 0 Å². The molecule has 2 amide bonds. The van der Waals surface area contributed by atoms with Gasteiger partial charge in [0.15, 0.2) is 0 Å². The Labute approximate surface area is 155 Å². The minimum Gasteiger partial charge on any atom is -0.393 e. The molecule has 0 atom stereocenters. The van der Waals surface area contributed by atoms with Gasteiger partial charge in [-0.15, -0.1) is 0 Å². The minimum atomic E-state index is -0.647. The zero-order valence-electron chi connectivity index (χ0n) is 13.4. The van der Waals surface area contributed by atoms with Crippen molar-refractivity contribution in [3.05, 3.63) is 45.2 Å². The fourth-order valence-electron chi connectivity index (χ4n) is 2.43. The molecule has 1 heterocycles. The van der Waals surface area contributed by atoms with E-state index >= 15 is 0 Å². The molecule has 0 aromatic heterocycles. The lowest BCUT2D eigenvalue weighted by Crippen LogP contribution is -2.45. The summed E-state index contributed by atoms with van der Waals surface area (Å²) in [7, 11) is 0. The number of carbonyl (C=O) groups is 2. The van der Waals surface area contributed by atoms with Crippen molar-refractivity contribution in [2.75, 3.05) is 13.1 Å². The second-order valence-electron chi connectivity index (χ2n) is 5.52. The number of benzene rings is 1. The van der Waals surface area contributed by atoms with Gasteiger partial charge >= 0.3 is 0 Å². The van der Waals surface area contributed by atoms with Crippen LogP contribution in [0.1, 0.15) is 23.2 Å². The van der Waals surface area contributed by atoms with E-state index in [1.807, 2.05) is 0 Å². The van der Waals surface area contributed by atoms with Crippen molar-refractivity contribution in [2.45, 2.75) is 18.9 Å². The van der Waals surface area contributed by atoms with Crippen LogP contribution >= 0.6 is 23.2 Å². The average molecular weight is 384 g/mol. The molecule has 0 unspecified atom stereocenters. The molecule has 1 aromatic carbocycles. The molecule has 1 saturated heterocycles. The molecule has 0 radical (unpaired) electrons. The van der Waals surface area contributed by atoms with E-state index in [1.54, 1.807) is 6.07 Å². The molecule has 1 aliphatic heterocycles. The van der Waals surface area contributed by atoms with E-state index in [0.717, 1.165) is 32.1 Å². The van der Waals surface area contributed by atoms with Crippen LogP contribution in [-0.4, -0.2) is 37.2 Å². The van der Waals surface area contributed by atoms with Gasteiger partial charge < -0.3 is 27.1 Å². The molecule has 134 valence electrons. The van der Waals surface area contributed by atoms with Gasteiger partial charge in [-0.2, -0.15) is 0 Å². The lowest BCUT2D eigenvalue weighted by molar-refractivity contribution is -0.118. The number of allylic oxidation sites excluding steroid dienone is 1. The van der Waals surface area contributed by atoms with Gasteiger partial charge in [-0.25, -0.2) is 0 Å². The fourth-order valence-corrected chi connectivity index (χ4v) is 3.00. The highest BCUT2D eigenvalue weighted by Gasteiger charge is 2.21. The third-order valence-electron chi connectivity index (χ3n) is 3.79. The normalized spacial score (nSPS) is 15.9. The molecule has 1 fully saturated rings. The summed E-state index contributed by atoms with van der Waals surface area (Å²) < 4.78 is 0. The molecular weight excluding hydrogens is 365 g/mol. The van der Waals surface area contributed by atoms with E-state index in [2.05, 4.69) is 16.0 Å². The Bertz CT molecular complexity index is 694. The third-order valence-corrected chi connectivity index (χ3v) is 4.42. The molecule has 6 N–H and O–H groups in total. The summed E-state index contributed by atoms with van der Waals surface area (Å²) in [5.41, 5.74) is 5.50. The maximum Gasteiger partial charge on any atom is 0.269 e. The predicted molar refractivity (Wildman–Crippen MR) is 98.0 cm³/mol. The number of amides is 2. The summed E-state index contributed by atoms with van der Waals surface area (Å²) in [6.07, 6.45) is 2.39. The van der Waals surface area contributed by atoms with Crippen molar-refractivity contribution >= 4 is 41.2 Å². The van der Waals surface area contributed by atoms with Crippen LogP contribution in [0.4, 0.5) is 0 Å². The molecule has 0 saturated carbocycles. The highest BCUT2D eigenvalue weighted by Crippen LogP contribution is 2.24. The van der Waals surface area contributed by atoms with Crippen molar-refractivity contribution in [3.63, 3.8) is 0 Å². The molecule has 1 aliphatic rings. The van der Waals surface area contributed by atoms with Crippen LogP contribution in [0.15, 0.2) is 29.6 Å². The maximum atomic E-state index is 12.4. The van der Waals surface area contributed by atoms with Gasteiger partial charge in [-0.05, 0) is 38.1 Å². The maximum absolute atomic E-state index is 12.4. The highest BCUT2D eigenvalue weighted by molar-refractivity contribution is 6.39. The summed E-state index contributed by atoms with van der Waals surface area (Å²) in [4.78, 5) is 24.6. The first-order valence-electron chi connectivity index (χ1n) is 7.71. The second kappa shape index (κ2) is 8.84. The standard InChI is InChI=1S/C16H19Cl2N5O2/c17-10-2-1-3-11(18)13(10)15(24)23-12(8-19)14(20)16(25)22-9-4-6-21-7-5-9/h1-3,8-9,19,21H,4-7,20H2,(H,22,25)(H,23,24)/b14-12+,19-8?. The molecular formula is C16H19Cl2N5O2. The van der Waals surface area contributed by atoms with Crippen LogP contribution in [0.25, 0.3) is 0 Å². The molecule has 2 rings (SSSR count). The van der Waals surface area contributed by atoms with Gasteiger partial charge in [0.25, 0.3) is 11.8 Å². The zero-order chi connectivity index (χ0) is 18.4. The van der Waals surface area contributed by atoms with Crippen LogP contribution in [0, 0.1) is 5.41 Å². The second-order valence-corrected chi connectivity index (χ2v) is 6.33. The van der Waals surface area contributed by atoms with Crippen molar-refractivity contribution in [1.82, 2.24) is 16.0 Å². The number of hydrogen-bond acceptors (Lipinski definition) is 5. The summed E-state index contributed by atoms with van der Waals surface area (Å²) in [5.74, 6) is -1.18. The summed E-state index contributed by atoms with van der Waals surface area (Å²) >= 11 is 12.0. The van der Waals surface area contributed by atoms with Gasteiger partial charge in [0.05, 0.1) is 21.3 Å². The molecule has 25 heavy (non-hydrogen) atoms. The van der Waals surface area contributed by atoms with Gasteiger partial charge in [0, 0.05) is 12.3 Å². The number of hydrogen-bond donors (Lipinski definition) is 5. The van der Waals surface area contributed by atoms with Crippen LogP contribution in [0.5, 0.6) is 0 Å². The number of nitrogens with one attached hydrogen (secondary N) is 4. The molecule has 0 spiro atoms. The first-order chi connectivity index (χ1) is 11.9. The van der Waals surface area contributed by atoms with Gasteiger partial charge in [0.1, 0.15) is 5.70 Å². The van der Waals surface area contributed by atoms with E-state index in [0.29, 0.717) is 0 Å².